The number of Topliss-reactive ketones (excluding diaryl/α,β-unsaturated/α-hetero) is 1. The number of ketones is 1. The summed E-state index contributed by atoms with van der Waals surface area (Å²) >= 11 is 11.6. The molecular weight excluding hydrogens is 344 g/mol. The standard InChI is InChI=1S/C18H19ClN2O2S/c1-18(2)7-11(22)14-12(8-18)23-16(20)15(17(21)24)13(14)9-5-3-4-6-10(9)19/h3-6,13H,7-8,20H2,1-2H3,(H2,21,24)/t13-/m0/s1. The van der Waals surface area contributed by atoms with Gasteiger partial charge in [-0.15, -0.1) is 0 Å². The van der Waals surface area contributed by atoms with Gasteiger partial charge in [0.15, 0.2) is 11.7 Å². The van der Waals surface area contributed by atoms with Gasteiger partial charge in [-0.25, -0.2) is 0 Å². The van der Waals surface area contributed by atoms with Crippen LogP contribution >= 0.6 is 23.8 Å². The largest absolute Gasteiger partial charge is 0.445 e. The molecule has 0 unspecified atom stereocenters. The first-order valence-corrected chi connectivity index (χ1v) is 8.48. The summed E-state index contributed by atoms with van der Waals surface area (Å²) in [4.78, 5) is 13.0. The van der Waals surface area contributed by atoms with Crippen molar-refractivity contribution in [3.8, 4) is 0 Å². The Bertz CT molecular complexity index is 811. The second-order valence-corrected chi connectivity index (χ2v) is 7.82. The van der Waals surface area contributed by atoms with Gasteiger partial charge in [-0.05, 0) is 17.0 Å². The van der Waals surface area contributed by atoms with Crippen molar-refractivity contribution in [2.75, 3.05) is 0 Å². The molecule has 2 aliphatic rings. The fraction of sp³-hybridized carbons (Fsp3) is 0.333. The fourth-order valence-electron chi connectivity index (χ4n) is 3.45. The number of hydrogen-bond donors (Lipinski definition) is 2. The zero-order chi connectivity index (χ0) is 17.6. The quantitative estimate of drug-likeness (QED) is 0.786. The molecule has 0 saturated heterocycles. The van der Waals surface area contributed by atoms with Crippen LogP contribution in [0.2, 0.25) is 5.02 Å². The van der Waals surface area contributed by atoms with E-state index < -0.39 is 5.92 Å². The molecule has 24 heavy (non-hydrogen) atoms. The van der Waals surface area contributed by atoms with Gasteiger partial charge in [-0.3, -0.25) is 4.79 Å². The van der Waals surface area contributed by atoms with Gasteiger partial charge in [0, 0.05) is 23.4 Å². The summed E-state index contributed by atoms with van der Waals surface area (Å²) < 4.78 is 5.77. The molecule has 1 heterocycles. The number of ether oxygens (including phenoxy) is 1. The van der Waals surface area contributed by atoms with E-state index in [1.807, 2.05) is 32.0 Å². The van der Waals surface area contributed by atoms with Gasteiger partial charge in [-0.2, -0.15) is 0 Å². The third kappa shape index (κ3) is 2.82. The maximum absolute atomic E-state index is 12.9. The van der Waals surface area contributed by atoms with Crippen molar-refractivity contribution in [1.29, 1.82) is 0 Å². The summed E-state index contributed by atoms with van der Waals surface area (Å²) in [5, 5.41) is 0.537. The first-order valence-electron chi connectivity index (χ1n) is 7.69. The summed E-state index contributed by atoms with van der Waals surface area (Å²) in [6.07, 6.45) is 1.06. The summed E-state index contributed by atoms with van der Waals surface area (Å²) in [5.41, 5.74) is 13.6. The Kier molecular flexibility index (Phi) is 4.18. The van der Waals surface area contributed by atoms with E-state index in [2.05, 4.69) is 0 Å². The number of rotatable bonds is 2. The van der Waals surface area contributed by atoms with Crippen molar-refractivity contribution < 1.29 is 9.53 Å². The summed E-state index contributed by atoms with van der Waals surface area (Å²) in [5.74, 6) is 0.284. The molecule has 1 aliphatic carbocycles. The van der Waals surface area contributed by atoms with Gasteiger partial charge >= 0.3 is 0 Å². The van der Waals surface area contributed by atoms with Crippen LogP contribution in [0, 0.1) is 5.41 Å². The Hall–Kier alpha value is -1.85. The summed E-state index contributed by atoms with van der Waals surface area (Å²) in [6, 6.07) is 7.33. The van der Waals surface area contributed by atoms with Gasteiger partial charge in [0.2, 0.25) is 0 Å². The topological polar surface area (TPSA) is 78.3 Å². The lowest BCUT2D eigenvalue weighted by Gasteiger charge is -2.38. The van der Waals surface area contributed by atoms with E-state index >= 15 is 0 Å². The lowest BCUT2D eigenvalue weighted by Crippen LogP contribution is -2.36. The second-order valence-electron chi connectivity index (χ2n) is 6.98. The number of benzene rings is 1. The Balaban J connectivity index is 2.24. The van der Waals surface area contributed by atoms with E-state index in [0.717, 1.165) is 5.56 Å². The van der Waals surface area contributed by atoms with Gasteiger partial charge in [0.25, 0.3) is 0 Å². The minimum absolute atomic E-state index is 0.0208. The first-order chi connectivity index (χ1) is 11.2. The maximum atomic E-state index is 12.9. The van der Waals surface area contributed by atoms with Crippen molar-refractivity contribution in [3.63, 3.8) is 0 Å². The molecule has 0 spiro atoms. The van der Waals surface area contributed by atoms with E-state index in [4.69, 9.17) is 40.0 Å². The molecule has 1 aliphatic heterocycles. The summed E-state index contributed by atoms with van der Waals surface area (Å²) in [7, 11) is 0. The normalized spacial score (nSPS) is 23.0. The van der Waals surface area contributed by atoms with Crippen molar-refractivity contribution in [2.24, 2.45) is 16.9 Å². The molecule has 6 heteroatoms. The third-order valence-electron chi connectivity index (χ3n) is 4.44. The number of carbonyl (C=O) groups is 1. The van der Waals surface area contributed by atoms with Crippen LogP contribution in [0.3, 0.4) is 0 Å². The minimum atomic E-state index is -0.483. The lowest BCUT2D eigenvalue weighted by molar-refractivity contribution is -0.119. The van der Waals surface area contributed by atoms with Gasteiger partial charge in [0.1, 0.15) is 10.7 Å². The highest BCUT2D eigenvalue weighted by Crippen LogP contribution is 2.49. The smallest absolute Gasteiger partial charge is 0.197 e. The highest BCUT2D eigenvalue weighted by molar-refractivity contribution is 7.80. The Morgan fingerprint density at radius 1 is 1.33 bits per heavy atom. The van der Waals surface area contributed by atoms with E-state index in [1.54, 1.807) is 6.07 Å². The molecule has 0 saturated carbocycles. The van der Waals surface area contributed by atoms with E-state index in [1.165, 1.54) is 0 Å². The van der Waals surface area contributed by atoms with Gasteiger partial charge in [0.05, 0.1) is 11.5 Å². The number of carbonyl (C=O) groups excluding carboxylic acids is 1. The minimum Gasteiger partial charge on any atom is -0.445 e. The molecule has 0 amide bonds. The van der Waals surface area contributed by atoms with Crippen LogP contribution in [-0.4, -0.2) is 10.8 Å². The van der Waals surface area contributed by atoms with Crippen LogP contribution in [0.4, 0.5) is 0 Å². The molecule has 3 rings (SSSR count). The molecule has 1 aromatic carbocycles. The molecular formula is C18H19ClN2O2S. The predicted molar refractivity (Wildman–Crippen MR) is 98.3 cm³/mol. The Morgan fingerprint density at radius 2 is 2.00 bits per heavy atom. The van der Waals surface area contributed by atoms with Crippen LogP contribution in [0.1, 0.15) is 38.2 Å². The molecule has 126 valence electrons. The molecule has 4 nitrogen and oxygen atoms in total. The number of halogens is 1. The van der Waals surface area contributed by atoms with E-state index in [-0.39, 0.29) is 22.1 Å². The van der Waals surface area contributed by atoms with Crippen LogP contribution in [-0.2, 0) is 9.53 Å². The average molecular weight is 363 g/mol. The van der Waals surface area contributed by atoms with Crippen molar-refractivity contribution in [1.82, 2.24) is 0 Å². The SMILES string of the molecule is CC1(C)CC(=O)C2=C(C1)OC(N)=C(C(N)=S)[C@H]2c1ccccc1Cl. The van der Waals surface area contributed by atoms with Crippen molar-refractivity contribution in [2.45, 2.75) is 32.6 Å². The summed E-state index contributed by atoms with van der Waals surface area (Å²) in [6.45, 7) is 4.07. The number of hydrogen-bond acceptors (Lipinski definition) is 4. The van der Waals surface area contributed by atoms with Crippen molar-refractivity contribution in [3.05, 3.63) is 57.6 Å². The highest BCUT2D eigenvalue weighted by atomic mass is 35.5. The number of thiocarbonyl (C=S) groups is 1. The van der Waals surface area contributed by atoms with Gasteiger partial charge < -0.3 is 16.2 Å². The second kappa shape index (κ2) is 5.90. The molecule has 1 aromatic rings. The molecule has 0 radical (unpaired) electrons. The van der Waals surface area contributed by atoms with Crippen LogP contribution < -0.4 is 11.5 Å². The monoisotopic (exact) mass is 362 g/mol. The van der Waals surface area contributed by atoms with Crippen molar-refractivity contribution >= 4 is 34.6 Å². The molecule has 0 bridgehead atoms. The van der Waals surface area contributed by atoms with Gasteiger partial charge in [-0.1, -0.05) is 55.9 Å². The average Bonchev–Trinajstić information content (AvgIpc) is 2.44. The predicted octanol–water partition coefficient (Wildman–Crippen LogP) is 3.55. The highest BCUT2D eigenvalue weighted by Gasteiger charge is 2.43. The molecule has 4 N–H and O–H groups in total. The third-order valence-corrected chi connectivity index (χ3v) is 5.00. The molecule has 0 aromatic heterocycles. The van der Waals surface area contributed by atoms with Crippen LogP contribution in [0.5, 0.6) is 0 Å². The zero-order valence-electron chi connectivity index (χ0n) is 13.6. The van der Waals surface area contributed by atoms with Crippen LogP contribution in [0.25, 0.3) is 0 Å². The Labute approximate surface area is 151 Å². The Morgan fingerprint density at radius 3 is 2.62 bits per heavy atom. The maximum Gasteiger partial charge on any atom is 0.197 e. The molecule has 0 fully saturated rings. The number of allylic oxidation sites excluding steroid dienone is 2. The zero-order valence-corrected chi connectivity index (χ0v) is 15.1. The fourth-order valence-corrected chi connectivity index (χ4v) is 3.91. The van der Waals surface area contributed by atoms with Crippen LogP contribution in [0.15, 0.2) is 47.1 Å². The molecule has 1 atom stereocenters. The lowest BCUT2D eigenvalue weighted by atomic mass is 9.70. The first kappa shape index (κ1) is 17.0. The van der Waals surface area contributed by atoms with E-state index in [9.17, 15) is 4.79 Å². The van der Waals surface area contributed by atoms with E-state index in [0.29, 0.717) is 34.8 Å². The number of nitrogens with two attached hydrogens (primary N) is 2.